The van der Waals surface area contributed by atoms with E-state index in [0.29, 0.717) is 17.1 Å². The molecule has 0 atom stereocenters. The first-order chi connectivity index (χ1) is 15.2. The minimum atomic E-state index is -4.67. The van der Waals surface area contributed by atoms with Crippen LogP contribution in [0.1, 0.15) is 27.4 Å². The maximum absolute atomic E-state index is 13.2. The predicted molar refractivity (Wildman–Crippen MR) is 109 cm³/mol. The van der Waals surface area contributed by atoms with Crippen molar-refractivity contribution in [1.29, 1.82) is 0 Å². The Bertz CT molecular complexity index is 1360. The van der Waals surface area contributed by atoms with Crippen molar-refractivity contribution in [3.05, 3.63) is 93.6 Å². The Kier molecular flexibility index (Phi) is 5.43. The minimum Gasteiger partial charge on any atom is -0.485 e. The molecule has 4 rings (SSSR count). The van der Waals surface area contributed by atoms with Crippen LogP contribution in [0.3, 0.4) is 0 Å². The van der Waals surface area contributed by atoms with E-state index < -0.39 is 28.8 Å². The fraction of sp³-hybridized carbons (Fsp3) is 0.136. The van der Waals surface area contributed by atoms with Crippen LogP contribution in [-0.2, 0) is 12.8 Å². The van der Waals surface area contributed by atoms with Crippen molar-refractivity contribution < 1.29 is 27.2 Å². The molecule has 0 aliphatic heterocycles. The molecule has 0 spiro atoms. The van der Waals surface area contributed by atoms with Crippen LogP contribution >= 0.6 is 0 Å². The van der Waals surface area contributed by atoms with Gasteiger partial charge in [-0.25, -0.2) is 4.98 Å². The molecule has 2 aromatic heterocycles. The van der Waals surface area contributed by atoms with Crippen LogP contribution in [0, 0.1) is 6.92 Å². The lowest BCUT2D eigenvalue weighted by atomic mass is 10.1. The second-order valence-electron chi connectivity index (χ2n) is 6.87. The molecule has 0 aliphatic rings. The number of hydrogen-bond acceptors (Lipinski definition) is 5. The number of alkyl halides is 3. The van der Waals surface area contributed by atoms with Crippen molar-refractivity contribution in [3.8, 4) is 5.75 Å². The second kappa shape index (κ2) is 8.22. The van der Waals surface area contributed by atoms with Crippen molar-refractivity contribution in [3.63, 3.8) is 0 Å². The van der Waals surface area contributed by atoms with Crippen LogP contribution in [0.25, 0.3) is 5.65 Å². The van der Waals surface area contributed by atoms with E-state index in [1.165, 1.54) is 24.3 Å². The van der Waals surface area contributed by atoms with E-state index in [1.807, 2.05) is 0 Å². The predicted octanol–water partition coefficient (Wildman–Crippen LogP) is 4.45. The highest BCUT2D eigenvalue weighted by atomic mass is 19.4. The van der Waals surface area contributed by atoms with Crippen LogP contribution in [0.2, 0.25) is 0 Å². The van der Waals surface area contributed by atoms with E-state index >= 15 is 0 Å². The molecular weight excluding hydrogens is 427 g/mol. The van der Waals surface area contributed by atoms with Gasteiger partial charge >= 0.3 is 6.18 Å². The molecule has 1 N–H and O–H groups in total. The van der Waals surface area contributed by atoms with Crippen LogP contribution < -0.4 is 15.6 Å². The van der Waals surface area contributed by atoms with E-state index in [2.05, 4.69) is 10.3 Å². The molecule has 4 aromatic rings. The first-order valence-electron chi connectivity index (χ1n) is 9.41. The molecule has 10 heteroatoms. The first-order valence-corrected chi connectivity index (χ1v) is 9.41. The molecule has 0 saturated heterocycles. The lowest BCUT2D eigenvalue weighted by molar-refractivity contribution is -0.137. The number of halogens is 3. The SMILES string of the molecule is Cc1cc2nc(COc3ccccc3NC(=O)c3ccccc3C(F)(F)F)cc(=O)n2o1. The van der Waals surface area contributed by atoms with Gasteiger partial charge in [-0.2, -0.15) is 13.2 Å². The van der Waals surface area contributed by atoms with Crippen LogP contribution in [0.4, 0.5) is 18.9 Å². The third-order valence-corrected chi connectivity index (χ3v) is 4.51. The molecule has 2 aromatic carbocycles. The number of para-hydroxylation sites is 2. The number of carbonyl (C=O) groups is 1. The smallest absolute Gasteiger partial charge is 0.417 e. The number of carbonyl (C=O) groups excluding carboxylic acids is 1. The Morgan fingerprint density at radius 1 is 1.12 bits per heavy atom. The Morgan fingerprint density at radius 2 is 1.84 bits per heavy atom. The standard InChI is InChI=1S/C22H16F3N3O4/c1-13-10-19-26-14(11-20(29)28(19)32-13)12-31-18-9-5-4-8-17(18)27-21(30)15-6-2-3-7-16(15)22(23,24)25/h2-11H,12H2,1H3,(H,27,30). The second-order valence-corrected chi connectivity index (χ2v) is 6.87. The number of aryl methyl sites for hydroxylation is 1. The van der Waals surface area contributed by atoms with E-state index in [4.69, 9.17) is 9.26 Å². The van der Waals surface area contributed by atoms with E-state index in [1.54, 1.807) is 31.2 Å². The number of hydrogen-bond donors (Lipinski definition) is 1. The fourth-order valence-electron chi connectivity index (χ4n) is 3.11. The zero-order valence-electron chi connectivity index (χ0n) is 16.6. The van der Waals surface area contributed by atoms with Gasteiger partial charge in [-0.3, -0.25) is 9.59 Å². The Morgan fingerprint density at radius 3 is 2.62 bits per heavy atom. The largest absolute Gasteiger partial charge is 0.485 e. The normalized spacial score (nSPS) is 11.5. The number of nitrogens with one attached hydrogen (secondary N) is 1. The third kappa shape index (κ3) is 4.34. The van der Waals surface area contributed by atoms with Gasteiger partial charge in [0.2, 0.25) is 0 Å². The molecule has 0 unspecified atom stereocenters. The van der Waals surface area contributed by atoms with Gasteiger partial charge in [-0.15, -0.1) is 4.57 Å². The molecule has 7 nitrogen and oxygen atoms in total. The zero-order valence-corrected chi connectivity index (χ0v) is 16.6. The molecule has 0 saturated carbocycles. The number of anilines is 1. The van der Waals surface area contributed by atoms with E-state index in [0.717, 1.165) is 16.7 Å². The van der Waals surface area contributed by atoms with E-state index in [9.17, 15) is 22.8 Å². The van der Waals surface area contributed by atoms with Crippen LogP contribution in [0.5, 0.6) is 5.75 Å². The molecule has 0 aliphatic carbocycles. The summed E-state index contributed by atoms with van der Waals surface area (Å²) >= 11 is 0. The Hall–Kier alpha value is -4.08. The number of ether oxygens (including phenoxy) is 1. The van der Waals surface area contributed by atoms with Crippen LogP contribution in [0.15, 0.2) is 70.0 Å². The number of amides is 1. The molecule has 32 heavy (non-hydrogen) atoms. The van der Waals surface area contributed by atoms with Gasteiger partial charge in [0.15, 0.2) is 5.65 Å². The van der Waals surface area contributed by atoms with Gasteiger partial charge in [0.05, 0.1) is 22.5 Å². The van der Waals surface area contributed by atoms with Gasteiger partial charge in [-0.1, -0.05) is 24.3 Å². The number of nitrogens with zero attached hydrogens (tertiary/aromatic N) is 2. The summed E-state index contributed by atoms with van der Waals surface area (Å²) in [6.07, 6.45) is -4.67. The summed E-state index contributed by atoms with van der Waals surface area (Å²) < 4.78 is 51.7. The summed E-state index contributed by atoms with van der Waals surface area (Å²) in [6, 6.07) is 13.6. The number of rotatable bonds is 5. The highest BCUT2D eigenvalue weighted by molar-refractivity contribution is 6.06. The molecular formula is C22H16F3N3O4. The minimum absolute atomic E-state index is 0.109. The van der Waals surface area contributed by atoms with Gasteiger partial charge in [0.1, 0.15) is 18.1 Å². The molecule has 0 bridgehead atoms. The van der Waals surface area contributed by atoms with Gasteiger partial charge in [0, 0.05) is 12.1 Å². The Balaban J connectivity index is 1.55. The maximum Gasteiger partial charge on any atom is 0.417 e. The van der Waals surface area contributed by atoms with Crippen molar-refractivity contribution >= 4 is 17.2 Å². The molecule has 1 amide bonds. The van der Waals surface area contributed by atoms with Gasteiger partial charge < -0.3 is 14.6 Å². The summed E-state index contributed by atoms with van der Waals surface area (Å²) in [6.45, 7) is 1.57. The lowest BCUT2D eigenvalue weighted by Gasteiger charge is -2.15. The average molecular weight is 443 g/mol. The summed E-state index contributed by atoms with van der Waals surface area (Å²) in [4.78, 5) is 29.0. The fourth-order valence-corrected chi connectivity index (χ4v) is 3.11. The first kappa shape index (κ1) is 21.2. The van der Waals surface area contributed by atoms with Gasteiger partial charge in [-0.05, 0) is 31.2 Å². The highest BCUT2D eigenvalue weighted by Gasteiger charge is 2.34. The molecule has 0 fully saturated rings. The number of fused-ring (bicyclic) bond motifs is 1. The molecule has 0 radical (unpaired) electrons. The Labute approximate surface area is 179 Å². The lowest BCUT2D eigenvalue weighted by Crippen LogP contribution is -2.19. The van der Waals surface area contributed by atoms with Crippen LogP contribution in [-0.4, -0.2) is 15.5 Å². The van der Waals surface area contributed by atoms with Gasteiger partial charge in [0.25, 0.3) is 11.5 Å². The van der Waals surface area contributed by atoms with Crippen molar-refractivity contribution in [2.75, 3.05) is 5.32 Å². The van der Waals surface area contributed by atoms with Crippen molar-refractivity contribution in [2.24, 2.45) is 0 Å². The summed E-state index contributed by atoms with van der Waals surface area (Å²) in [5, 5.41) is 2.45. The summed E-state index contributed by atoms with van der Waals surface area (Å²) in [5.74, 6) is -0.212. The summed E-state index contributed by atoms with van der Waals surface area (Å²) in [5.41, 5.74) is -1.16. The van der Waals surface area contributed by atoms with Crippen molar-refractivity contribution in [1.82, 2.24) is 9.56 Å². The summed E-state index contributed by atoms with van der Waals surface area (Å²) in [7, 11) is 0. The molecule has 164 valence electrons. The molecule has 2 heterocycles. The quantitative estimate of drug-likeness (QED) is 0.493. The topological polar surface area (TPSA) is 85.8 Å². The monoisotopic (exact) mass is 443 g/mol. The highest BCUT2D eigenvalue weighted by Crippen LogP contribution is 2.33. The number of benzene rings is 2. The number of aromatic nitrogens is 2. The average Bonchev–Trinajstić information content (AvgIpc) is 3.13. The zero-order chi connectivity index (χ0) is 22.9. The van der Waals surface area contributed by atoms with E-state index in [-0.39, 0.29) is 18.0 Å². The maximum atomic E-state index is 13.2. The third-order valence-electron chi connectivity index (χ3n) is 4.51. The van der Waals surface area contributed by atoms with Crippen molar-refractivity contribution in [2.45, 2.75) is 19.7 Å².